The maximum Gasteiger partial charge on any atom is 0.337 e. The van der Waals surface area contributed by atoms with E-state index in [4.69, 9.17) is 4.74 Å². The normalized spacial score (nSPS) is 16.8. The molecule has 5 aromatic rings. The van der Waals surface area contributed by atoms with E-state index in [1.165, 1.54) is 12.7 Å². The molecule has 2 atom stereocenters. The summed E-state index contributed by atoms with van der Waals surface area (Å²) in [7, 11) is 1.38. The standard InChI is InChI=1S/C39H35N3O4/c1-46-39(45)29-13-7-11-27(21-29)32-16-15-30(24-40-37(43)35-23-34(35)26-9-3-2-4-10-26)36-25-42(20-17-33(32)36)38(44)28-12-8-14-31(22-28)41-18-5-6-19-41/h2-16,18-19,21-22,34-35H,17,20,23-25H2,1H3,(H,40,43). The van der Waals surface area contributed by atoms with Crippen LogP contribution >= 0.6 is 0 Å². The van der Waals surface area contributed by atoms with Crippen LogP contribution in [0.25, 0.3) is 16.8 Å². The number of carbonyl (C=O) groups excluding carboxylic acids is 3. The molecule has 0 spiro atoms. The zero-order chi connectivity index (χ0) is 31.6. The highest BCUT2D eigenvalue weighted by atomic mass is 16.5. The van der Waals surface area contributed by atoms with Gasteiger partial charge in [0.2, 0.25) is 5.91 Å². The second-order valence-electron chi connectivity index (χ2n) is 12.0. The number of aromatic nitrogens is 1. The van der Waals surface area contributed by atoms with Crippen LogP contribution in [0.15, 0.2) is 116 Å². The Morgan fingerprint density at radius 2 is 1.61 bits per heavy atom. The lowest BCUT2D eigenvalue weighted by Gasteiger charge is -2.32. The third kappa shape index (κ3) is 5.84. The molecule has 2 amide bonds. The summed E-state index contributed by atoms with van der Waals surface area (Å²) < 4.78 is 6.95. The number of rotatable bonds is 8. The number of nitrogens with one attached hydrogen (secondary N) is 1. The van der Waals surface area contributed by atoms with Gasteiger partial charge >= 0.3 is 5.97 Å². The minimum atomic E-state index is -0.386. The molecule has 0 saturated heterocycles. The Hall–Kier alpha value is -5.43. The number of benzene rings is 4. The highest BCUT2D eigenvalue weighted by Gasteiger charge is 2.43. The summed E-state index contributed by atoms with van der Waals surface area (Å²) in [4.78, 5) is 41.3. The van der Waals surface area contributed by atoms with Crippen molar-refractivity contribution in [1.29, 1.82) is 0 Å². The van der Waals surface area contributed by atoms with Gasteiger partial charge in [0.25, 0.3) is 5.91 Å². The number of hydrogen-bond acceptors (Lipinski definition) is 4. The van der Waals surface area contributed by atoms with Crippen molar-refractivity contribution in [3.8, 4) is 16.8 Å². The fourth-order valence-electron chi connectivity index (χ4n) is 6.64. The summed E-state index contributed by atoms with van der Waals surface area (Å²) in [6, 6.07) is 33.3. The largest absolute Gasteiger partial charge is 0.465 e. The first-order valence-corrected chi connectivity index (χ1v) is 15.7. The van der Waals surface area contributed by atoms with Gasteiger partial charge < -0.3 is 19.5 Å². The Kier molecular flexibility index (Phi) is 7.97. The van der Waals surface area contributed by atoms with Crippen LogP contribution in [0.1, 0.15) is 55.3 Å². The fraction of sp³-hybridized carbons (Fsp3) is 0.205. The predicted molar refractivity (Wildman–Crippen MR) is 177 cm³/mol. The lowest BCUT2D eigenvalue weighted by Crippen LogP contribution is -2.37. The fourth-order valence-corrected chi connectivity index (χ4v) is 6.64. The summed E-state index contributed by atoms with van der Waals surface area (Å²) in [5, 5.41) is 3.19. The second kappa shape index (κ2) is 12.5. The van der Waals surface area contributed by atoms with E-state index in [-0.39, 0.29) is 29.6 Å². The average Bonchev–Trinajstić information content (AvgIpc) is 3.73. The van der Waals surface area contributed by atoms with E-state index in [2.05, 4.69) is 23.5 Å². The molecule has 0 radical (unpaired) electrons. The van der Waals surface area contributed by atoms with Crippen molar-refractivity contribution < 1.29 is 19.1 Å². The van der Waals surface area contributed by atoms with E-state index < -0.39 is 0 Å². The molecule has 7 heteroatoms. The Balaban J connectivity index is 1.17. The first-order valence-electron chi connectivity index (χ1n) is 15.7. The summed E-state index contributed by atoms with van der Waals surface area (Å²) in [5.74, 6) is -0.124. The highest BCUT2D eigenvalue weighted by Crippen LogP contribution is 2.47. The number of methoxy groups -OCH3 is 1. The third-order valence-electron chi connectivity index (χ3n) is 9.19. The highest BCUT2D eigenvalue weighted by molar-refractivity contribution is 5.95. The molecule has 7 rings (SSSR count). The van der Waals surface area contributed by atoms with Crippen molar-refractivity contribution in [3.63, 3.8) is 0 Å². The summed E-state index contributed by atoms with van der Waals surface area (Å²) in [5.41, 5.74) is 8.34. The zero-order valence-corrected chi connectivity index (χ0v) is 25.7. The van der Waals surface area contributed by atoms with Crippen molar-refractivity contribution in [3.05, 3.63) is 149 Å². The minimum Gasteiger partial charge on any atom is -0.465 e. The molecule has 1 N–H and O–H groups in total. The van der Waals surface area contributed by atoms with Crippen molar-refractivity contribution in [1.82, 2.24) is 14.8 Å². The molecule has 2 heterocycles. The summed E-state index contributed by atoms with van der Waals surface area (Å²) in [6.07, 6.45) is 5.42. The quantitative estimate of drug-likeness (QED) is 0.202. The Labute approximate surface area is 268 Å². The van der Waals surface area contributed by atoms with E-state index in [1.54, 1.807) is 6.07 Å². The first-order chi connectivity index (χ1) is 22.5. The number of nitrogens with zero attached hydrogens (tertiary/aromatic N) is 2. The van der Waals surface area contributed by atoms with Gasteiger partial charge in [-0.2, -0.15) is 0 Å². The van der Waals surface area contributed by atoms with Crippen LogP contribution in [0.4, 0.5) is 0 Å². The van der Waals surface area contributed by atoms with Gasteiger partial charge in [0, 0.05) is 49.2 Å². The van der Waals surface area contributed by atoms with Crippen molar-refractivity contribution in [2.24, 2.45) is 5.92 Å². The molecule has 1 aliphatic carbocycles. The number of carbonyl (C=O) groups is 3. The predicted octanol–water partition coefficient (Wildman–Crippen LogP) is 6.55. The van der Waals surface area contributed by atoms with Gasteiger partial charge in [0.1, 0.15) is 0 Å². The van der Waals surface area contributed by atoms with E-state index in [1.807, 2.05) is 101 Å². The number of amides is 2. The molecule has 1 fully saturated rings. The molecule has 1 aliphatic heterocycles. The average molecular weight is 610 g/mol. The van der Waals surface area contributed by atoms with Crippen LogP contribution in [0, 0.1) is 5.92 Å². The summed E-state index contributed by atoms with van der Waals surface area (Å²) >= 11 is 0. The van der Waals surface area contributed by atoms with Gasteiger partial charge in [-0.15, -0.1) is 0 Å². The van der Waals surface area contributed by atoms with Gasteiger partial charge in [-0.1, -0.05) is 60.7 Å². The van der Waals surface area contributed by atoms with Crippen LogP contribution in [0.3, 0.4) is 0 Å². The maximum atomic E-state index is 13.9. The van der Waals surface area contributed by atoms with Crippen LogP contribution < -0.4 is 5.32 Å². The molecule has 4 aromatic carbocycles. The van der Waals surface area contributed by atoms with Crippen LogP contribution in [0.5, 0.6) is 0 Å². The van der Waals surface area contributed by atoms with Crippen molar-refractivity contribution in [2.75, 3.05) is 13.7 Å². The molecule has 0 bridgehead atoms. The number of hydrogen-bond donors (Lipinski definition) is 1. The molecule has 1 saturated carbocycles. The number of esters is 1. The maximum absolute atomic E-state index is 13.9. The molecular formula is C39H35N3O4. The van der Waals surface area contributed by atoms with Gasteiger partial charge in [-0.3, -0.25) is 9.59 Å². The first kappa shape index (κ1) is 29.3. The van der Waals surface area contributed by atoms with Gasteiger partial charge in [0.05, 0.1) is 12.7 Å². The lowest BCUT2D eigenvalue weighted by molar-refractivity contribution is -0.122. The van der Waals surface area contributed by atoms with E-state index in [0.717, 1.165) is 39.9 Å². The van der Waals surface area contributed by atoms with Crippen molar-refractivity contribution in [2.45, 2.75) is 31.8 Å². The Bertz CT molecular complexity index is 1920. The minimum absolute atomic E-state index is 0.0239. The zero-order valence-electron chi connectivity index (χ0n) is 25.7. The Morgan fingerprint density at radius 1 is 0.826 bits per heavy atom. The van der Waals surface area contributed by atoms with Crippen LogP contribution in [0.2, 0.25) is 0 Å². The second-order valence-corrected chi connectivity index (χ2v) is 12.0. The molecule has 7 nitrogen and oxygen atoms in total. The monoisotopic (exact) mass is 609 g/mol. The molecule has 230 valence electrons. The SMILES string of the molecule is COC(=O)c1cccc(-c2ccc(CNC(=O)C3CC3c3ccccc3)c3c2CCN(C(=O)c2cccc(-n4cccc4)c2)C3)c1. The van der Waals surface area contributed by atoms with Crippen molar-refractivity contribution >= 4 is 17.8 Å². The lowest BCUT2D eigenvalue weighted by atomic mass is 9.87. The Morgan fingerprint density at radius 3 is 2.41 bits per heavy atom. The van der Waals surface area contributed by atoms with Crippen LogP contribution in [-0.4, -0.2) is 40.9 Å². The van der Waals surface area contributed by atoms with Crippen LogP contribution in [-0.2, 0) is 29.0 Å². The smallest absolute Gasteiger partial charge is 0.337 e. The van der Waals surface area contributed by atoms with Gasteiger partial charge in [-0.05, 0) is 94.6 Å². The van der Waals surface area contributed by atoms with E-state index in [9.17, 15) is 14.4 Å². The molecular weight excluding hydrogens is 574 g/mol. The summed E-state index contributed by atoms with van der Waals surface area (Å²) in [6.45, 7) is 1.36. The van der Waals surface area contributed by atoms with E-state index in [0.29, 0.717) is 37.2 Å². The van der Waals surface area contributed by atoms with E-state index >= 15 is 0 Å². The molecule has 46 heavy (non-hydrogen) atoms. The topological polar surface area (TPSA) is 80.6 Å². The molecule has 1 aromatic heterocycles. The number of ether oxygens (including phenoxy) is 1. The van der Waals surface area contributed by atoms with Gasteiger partial charge in [0.15, 0.2) is 0 Å². The molecule has 2 aliphatic rings. The van der Waals surface area contributed by atoms with Gasteiger partial charge in [-0.25, -0.2) is 4.79 Å². The third-order valence-corrected chi connectivity index (χ3v) is 9.19. The number of fused-ring (bicyclic) bond motifs is 1. The molecule has 2 unspecified atom stereocenters.